The van der Waals surface area contributed by atoms with Gasteiger partial charge in [0.05, 0.1) is 29.8 Å². The molecule has 2 aliphatic carbocycles. The molecule has 2 atom stereocenters. The summed E-state index contributed by atoms with van der Waals surface area (Å²) in [4.78, 5) is 30.8. The molecule has 52 heavy (non-hydrogen) atoms. The van der Waals surface area contributed by atoms with Crippen molar-refractivity contribution in [2.75, 3.05) is 46.7 Å². The summed E-state index contributed by atoms with van der Waals surface area (Å²) in [7, 11) is 7.57. The molecule has 1 aromatic rings. The van der Waals surface area contributed by atoms with Crippen LogP contribution in [0.15, 0.2) is 118 Å². The Labute approximate surface area is 311 Å². The standard InChI is InChI=1S/C42H59N7O3/c1-11-14-18-33-19-16-17-20-36(31(33)5)41(40(30(4)13-3)32(6)43-24-15-12-2)37-23-25-44-42(45-37)46-38-29-35(49(50)51)28-34(21-22-39(38)52-10)48(9)27-26-47(7)8/h12,15,17,19-25,29-30,34H,2,11,13-14,16,18,26-28H2,1,3-10H3,(H,44,45,46)/b22-21?,24-15-,35-29?,39-38?,41-40-,43-32+. The summed E-state index contributed by atoms with van der Waals surface area (Å²) in [5.41, 5.74) is 7.86. The fraction of sp³-hybridized carbons (Fsp3) is 0.452. The van der Waals surface area contributed by atoms with Crippen LogP contribution < -0.4 is 5.32 Å². The van der Waals surface area contributed by atoms with Gasteiger partial charge in [0.25, 0.3) is 0 Å². The number of hydrogen-bond donors (Lipinski definition) is 1. The number of aromatic nitrogens is 2. The average molecular weight is 710 g/mol. The molecule has 0 saturated heterocycles. The Morgan fingerprint density at radius 3 is 2.67 bits per heavy atom. The number of nitrogens with zero attached hydrogens (tertiary/aromatic N) is 6. The Morgan fingerprint density at radius 1 is 1.25 bits per heavy atom. The molecule has 0 saturated carbocycles. The van der Waals surface area contributed by atoms with Crippen molar-refractivity contribution in [2.45, 2.75) is 79.2 Å². The van der Waals surface area contributed by atoms with Gasteiger partial charge in [-0.3, -0.25) is 20.0 Å². The van der Waals surface area contributed by atoms with Crippen LogP contribution in [0, 0.1) is 16.0 Å². The molecule has 1 aromatic heterocycles. The van der Waals surface area contributed by atoms with E-state index in [1.54, 1.807) is 31.7 Å². The SMILES string of the molecule is C=C\C=C/N=C(C)/C(=C(/C1=C(C)C(CCCC)=CCC=C1)c1ccnc(NC2=C(OC)C=CC(N(C)CCN(C)C)CC([N+](=O)[O-])=C2)n1)C(C)CC. The largest absolute Gasteiger partial charge is 0.495 e. The maximum atomic E-state index is 12.4. The Hall–Kier alpha value is -4.67. The molecule has 0 radical (unpaired) electrons. The van der Waals surface area contributed by atoms with E-state index in [0.29, 0.717) is 17.4 Å². The predicted octanol–water partition coefficient (Wildman–Crippen LogP) is 9.08. The fourth-order valence-electron chi connectivity index (χ4n) is 6.24. The smallest absolute Gasteiger partial charge is 0.250 e. The third-order valence-corrected chi connectivity index (χ3v) is 9.54. The van der Waals surface area contributed by atoms with Crippen molar-refractivity contribution >= 4 is 17.2 Å². The third kappa shape index (κ3) is 11.7. The maximum absolute atomic E-state index is 12.4. The summed E-state index contributed by atoms with van der Waals surface area (Å²) in [6.45, 7) is 16.3. The highest BCUT2D eigenvalue weighted by Crippen LogP contribution is 2.38. The highest BCUT2D eigenvalue weighted by atomic mass is 16.6. The number of ether oxygens (including phenoxy) is 1. The van der Waals surface area contributed by atoms with Crippen molar-refractivity contribution < 1.29 is 9.66 Å². The second-order valence-electron chi connectivity index (χ2n) is 13.6. The molecule has 2 unspecified atom stereocenters. The van der Waals surface area contributed by atoms with Crippen LogP contribution in [0.1, 0.15) is 78.8 Å². The first-order valence-corrected chi connectivity index (χ1v) is 18.4. The lowest BCUT2D eigenvalue weighted by molar-refractivity contribution is -0.428. The number of nitrogens with one attached hydrogen (secondary N) is 1. The van der Waals surface area contributed by atoms with Gasteiger partial charge in [-0.15, -0.1) is 0 Å². The summed E-state index contributed by atoms with van der Waals surface area (Å²) < 4.78 is 5.79. The molecule has 0 bridgehead atoms. The number of methoxy groups -OCH3 is 1. The Bertz CT molecular complexity index is 1700. The molecule has 0 spiro atoms. The zero-order valence-corrected chi connectivity index (χ0v) is 32.8. The molecule has 2 aliphatic rings. The lowest BCUT2D eigenvalue weighted by atomic mass is 9.82. The number of aliphatic imine (C=N–C) groups is 1. The first-order chi connectivity index (χ1) is 24.9. The van der Waals surface area contributed by atoms with E-state index in [4.69, 9.17) is 14.7 Å². The van der Waals surface area contributed by atoms with Crippen molar-refractivity contribution in [1.82, 2.24) is 19.8 Å². The first-order valence-electron chi connectivity index (χ1n) is 18.4. The van der Waals surface area contributed by atoms with Gasteiger partial charge in [-0.1, -0.05) is 64.2 Å². The highest BCUT2D eigenvalue weighted by Gasteiger charge is 2.26. The minimum absolute atomic E-state index is 0.0640. The van der Waals surface area contributed by atoms with Gasteiger partial charge < -0.3 is 15.0 Å². The summed E-state index contributed by atoms with van der Waals surface area (Å²) in [5.74, 6) is 0.910. The van der Waals surface area contributed by atoms with Crippen LogP contribution in [0.2, 0.25) is 0 Å². The predicted molar refractivity (Wildman–Crippen MR) is 216 cm³/mol. The van der Waals surface area contributed by atoms with Crippen molar-refractivity contribution in [2.24, 2.45) is 10.9 Å². The van der Waals surface area contributed by atoms with E-state index < -0.39 is 0 Å². The normalized spacial score (nSPS) is 18.2. The van der Waals surface area contributed by atoms with Crippen LogP contribution in [-0.2, 0) is 4.74 Å². The van der Waals surface area contributed by atoms with Crippen LogP contribution in [0.5, 0.6) is 0 Å². The monoisotopic (exact) mass is 709 g/mol. The summed E-state index contributed by atoms with van der Waals surface area (Å²) in [6, 6.07) is 1.75. The molecule has 0 fully saturated rings. The number of likely N-dealkylation sites (N-methyl/N-ethyl adjacent to an activating group) is 2. The topological polar surface area (TPSA) is 109 Å². The van der Waals surface area contributed by atoms with Crippen LogP contribution in [0.25, 0.3) is 5.57 Å². The number of rotatable bonds is 18. The molecule has 280 valence electrons. The summed E-state index contributed by atoms with van der Waals surface area (Å²) in [6.07, 6.45) is 24.4. The molecule has 0 aliphatic heterocycles. The van der Waals surface area contributed by atoms with E-state index in [1.165, 1.54) is 11.1 Å². The Kier molecular flexibility index (Phi) is 16.9. The Balaban J connectivity index is 2.26. The lowest BCUT2D eigenvalue weighted by Crippen LogP contribution is -2.36. The van der Waals surface area contributed by atoms with Gasteiger partial charge in [0.15, 0.2) is 0 Å². The minimum atomic E-state index is -0.322. The van der Waals surface area contributed by atoms with Crippen molar-refractivity contribution in [3.05, 3.63) is 129 Å². The van der Waals surface area contributed by atoms with Crippen molar-refractivity contribution in [3.63, 3.8) is 0 Å². The van der Waals surface area contributed by atoms with E-state index in [9.17, 15) is 10.1 Å². The minimum Gasteiger partial charge on any atom is -0.495 e. The van der Waals surface area contributed by atoms with E-state index in [-0.39, 0.29) is 29.0 Å². The number of hydrogen-bond acceptors (Lipinski definition) is 9. The fourth-order valence-corrected chi connectivity index (χ4v) is 6.24. The van der Waals surface area contributed by atoms with Crippen molar-refractivity contribution in [3.8, 4) is 0 Å². The highest BCUT2D eigenvalue weighted by molar-refractivity contribution is 6.08. The van der Waals surface area contributed by atoms with Gasteiger partial charge in [0.2, 0.25) is 11.6 Å². The van der Waals surface area contributed by atoms with Gasteiger partial charge >= 0.3 is 0 Å². The second kappa shape index (κ2) is 21.0. The number of nitro groups is 1. The molecule has 1 heterocycles. The molecular weight excluding hydrogens is 651 g/mol. The third-order valence-electron chi connectivity index (χ3n) is 9.54. The van der Waals surface area contributed by atoms with Gasteiger partial charge in [0, 0.05) is 48.9 Å². The van der Waals surface area contributed by atoms with Crippen LogP contribution in [0.4, 0.5) is 5.95 Å². The van der Waals surface area contributed by atoms with Crippen LogP contribution in [-0.4, -0.2) is 77.8 Å². The molecule has 0 aromatic carbocycles. The molecule has 1 N–H and O–H groups in total. The van der Waals surface area contributed by atoms with E-state index in [1.807, 2.05) is 52.4 Å². The maximum Gasteiger partial charge on any atom is 0.250 e. The number of unbranched alkanes of at least 4 members (excludes halogenated alkanes) is 1. The molecule has 10 heteroatoms. The Morgan fingerprint density at radius 2 is 2.02 bits per heavy atom. The van der Waals surface area contributed by atoms with Crippen molar-refractivity contribution in [1.29, 1.82) is 0 Å². The molecule has 0 amide bonds. The second-order valence-corrected chi connectivity index (χ2v) is 13.6. The van der Waals surface area contributed by atoms with Gasteiger partial charge in [-0.25, -0.2) is 9.97 Å². The van der Waals surface area contributed by atoms with E-state index in [0.717, 1.165) is 73.3 Å². The lowest BCUT2D eigenvalue weighted by Gasteiger charge is -2.27. The van der Waals surface area contributed by atoms with E-state index in [2.05, 4.69) is 72.6 Å². The van der Waals surface area contributed by atoms with E-state index >= 15 is 0 Å². The number of allylic oxidation sites excluding steroid dienone is 12. The molecule has 10 nitrogen and oxygen atoms in total. The molecule has 3 rings (SSSR count). The van der Waals surface area contributed by atoms with Gasteiger partial charge in [-0.2, -0.15) is 0 Å². The van der Waals surface area contributed by atoms with Crippen LogP contribution >= 0.6 is 0 Å². The quantitative estimate of drug-likeness (QED) is 0.0696. The van der Waals surface area contributed by atoms with Crippen LogP contribution in [0.3, 0.4) is 0 Å². The molecular formula is C42H59N7O3. The zero-order chi connectivity index (χ0) is 38.2. The average Bonchev–Trinajstić information content (AvgIpc) is 3.29. The zero-order valence-electron chi connectivity index (χ0n) is 32.8. The van der Waals surface area contributed by atoms with Gasteiger partial charge in [-0.05, 0) is 107 Å². The summed E-state index contributed by atoms with van der Waals surface area (Å²) >= 11 is 0. The number of anilines is 1. The summed E-state index contributed by atoms with van der Waals surface area (Å²) in [5, 5.41) is 15.7. The van der Waals surface area contributed by atoms with Gasteiger partial charge in [0.1, 0.15) is 5.76 Å². The first kappa shape index (κ1) is 41.7.